The van der Waals surface area contributed by atoms with Gasteiger partial charge < -0.3 is 25.0 Å². The Hall–Kier alpha value is -4.84. The lowest BCUT2D eigenvalue weighted by Crippen LogP contribution is -2.61. The zero-order chi connectivity index (χ0) is 32.6. The summed E-state index contributed by atoms with van der Waals surface area (Å²) >= 11 is 0. The number of halogens is 2. The molecule has 45 heavy (non-hydrogen) atoms. The minimum absolute atomic E-state index is 0.0359. The summed E-state index contributed by atoms with van der Waals surface area (Å²) in [6.45, 7) is -0.757. The second-order valence-electron chi connectivity index (χ2n) is 11.0. The van der Waals surface area contributed by atoms with Crippen molar-refractivity contribution in [2.75, 3.05) is 44.6 Å². The fraction of sp³-hybridized carbons (Fsp3) is 0.333. The van der Waals surface area contributed by atoms with E-state index in [1.54, 1.807) is 49.5 Å². The molecular formula is C33H37F2N4O6+. The van der Waals surface area contributed by atoms with Gasteiger partial charge in [-0.25, -0.2) is 27.6 Å². The molecule has 1 aliphatic carbocycles. The number of rotatable bonds is 10. The van der Waals surface area contributed by atoms with Gasteiger partial charge in [0.05, 0.1) is 19.7 Å². The molecule has 238 valence electrons. The van der Waals surface area contributed by atoms with Crippen LogP contribution in [0, 0.1) is 11.6 Å². The van der Waals surface area contributed by atoms with Crippen LogP contribution >= 0.6 is 0 Å². The number of carbonyl (C=O) groups excluding carboxylic acids is 4. The normalized spacial score (nSPS) is 14.5. The Balaban J connectivity index is 1.51. The third kappa shape index (κ3) is 8.01. The predicted molar refractivity (Wildman–Crippen MR) is 166 cm³/mol. The summed E-state index contributed by atoms with van der Waals surface area (Å²) in [7, 11) is 4.43. The van der Waals surface area contributed by atoms with Gasteiger partial charge in [0, 0.05) is 43.4 Å². The number of benzene rings is 3. The Kier molecular flexibility index (Phi) is 10.8. The maximum absolute atomic E-state index is 14.0. The van der Waals surface area contributed by atoms with Gasteiger partial charge in [0.1, 0.15) is 24.2 Å². The highest BCUT2D eigenvalue weighted by molar-refractivity contribution is 5.98. The van der Waals surface area contributed by atoms with Crippen LogP contribution < -0.4 is 24.8 Å². The molecule has 3 aromatic carbocycles. The maximum atomic E-state index is 14.0. The molecule has 10 nitrogen and oxygen atoms in total. The number of quaternary nitrogens is 1. The van der Waals surface area contributed by atoms with Crippen LogP contribution in [0.3, 0.4) is 0 Å². The molecule has 0 aliphatic heterocycles. The van der Waals surface area contributed by atoms with Gasteiger partial charge in [-0.2, -0.15) is 0 Å². The van der Waals surface area contributed by atoms with Gasteiger partial charge in [-0.15, -0.1) is 0 Å². The van der Waals surface area contributed by atoms with Gasteiger partial charge in [-0.1, -0.05) is 24.6 Å². The van der Waals surface area contributed by atoms with Crippen molar-refractivity contribution in [2.45, 2.75) is 38.1 Å². The molecule has 1 aliphatic rings. The quantitative estimate of drug-likeness (QED) is 0.231. The predicted octanol–water partition coefficient (Wildman–Crippen LogP) is 5.41. The average Bonchev–Trinajstić information content (AvgIpc) is 3.05. The molecule has 1 unspecified atom stereocenters. The van der Waals surface area contributed by atoms with E-state index in [-0.39, 0.29) is 34.2 Å². The van der Waals surface area contributed by atoms with Gasteiger partial charge in [0.25, 0.3) is 5.91 Å². The first-order chi connectivity index (χ1) is 21.5. The molecule has 4 rings (SSSR count). The van der Waals surface area contributed by atoms with Crippen LogP contribution in [0.2, 0.25) is 0 Å². The average molecular weight is 624 g/mol. The third-order valence-corrected chi connectivity index (χ3v) is 8.09. The molecule has 1 fully saturated rings. The Morgan fingerprint density at radius 2 is 1.62 bits per heavy atom. The Labute approximate surface area is 260 Å². The number of amides is 4. The molecule has 0 bridgehead atoms. The van der Waals surface area contributed by atoms with Gasteiger partial charge in [-0.3, -0.25) is 4.79 Å². The highest BCUT2D eigenvalue weighted by Gasteiger charge is 2.44. The number of carbonyl (C=O) groups is 4. The number of nitrogens with zero attached hydrogens (tertiary/aromatic N) is 2. The molecule has 4 amide bonds. The summed E-state index contributed by atoms with van der Waals surface area (Å²) in [6, 6.07) is 15.2. The smallest absolute Gasteiger partial charge is 0.338 e. The lowest BCUT2D eigenvalue weighted by molar-refractivity contribution is -0.130. The summed E-state index contributed by atoms with van der Waals surface area (Å²) < 4.78 is 38.0. The second-order valence-corrected chi connectivity index (χ2v) is 11.0. The largest absolute Gasteiger partial charge is 0.477 e. The van der Waals surface area contributed by atoms with Crippen LogP contribution in [0.4, 0.5) is 30.6 Å². The summed E-state index contributed by atoms with van der Waals surface area (Å²) in [5, 5.41) is 5.26. The van der Waals surface area contributed by atoms with Crippen molar-refractivity contribution in [2.24, 2.45) is 0 Å². The van der Waals surface area contributed by atoms with E-state index in [1.807, 2.05) is 0 Å². The van der Waals surface area contributed by atoms with Crippen molar-refractivity contribution in [1.29, 1.82) is 0 Å². The summed E-state index contributed by atoms with van der Waals surface area (Å²) in [4.78, 5) is 52.7. The number of ether oxygens (including phenoxy) is 2. The number of para-hydroxylation sites is 2. The van der Waals surface area contributed by atoms with Crippen LogP contribution in [-0.2, 0) is 14.3 Å². The second kappa shape index (κ2) is 14.8. The van der Waals surface area contributed by atoms with Crippen molar-refractivity contribution in [3.63, 3.8) is 0 Å². The molecule has 12 heteroatoms. The fourth-order valence-electron chi connectivity index (χ4n) is 5.55. The SMILES string of the molecule is COC(=O)c1cccc(NC(=O)NCC(=O)[N+](C)(c2ccccc2OCC(=O)N(C)c2cc(F)cc(F)c2)C2CCCCC2)c1. The van der Waals surface area contributed by atoms with Crippen LogP contribution in [0.1, 0.15) is 42.5 Å². The van der Waals surface area contributed by atoms with Crippen LogP contribution in [0.15, 0.2) is 66.7 Å². The monoisotopic (exact) mass is 623 g/mol. The van der Waals surface area contributed by atoms with Gasteiger partial charge in [0.2, 0.25) is 0 Å². The summed E-state index contributed by atoms with van der Waals surface area (Å²) in [5.74, 6) is -2.72. The van der Waals surface area contributed by atoms with Crippen LogP contribution in [0.25, 0.3) is 0 Å². The number of likely N-dealkylation sites (N-methyl/N-ethyl adjacent to an activating group) is 2. The van der Waals surface area contributed by atoms with Gasteiger partial charge in [-0.05, 0) is 49.2 Å². The standard InChI is InChI=1S/C33H36F2N4O6/c1-38(26-18-23(34)17-24(35)19-26)30(40)21-45-29-15-8-7-14-28(29)39(2,27-12-5-4-6-13-27)31(41)20-36-33(43)37-25-11-9-10-22(16-25)32(42)44-3/h7-11,14-19,27H,4-6,12-13,20-21H2,1-3H3,(H-,36,37,43)/p+1. The van der Waals surface area contributed by atoms with Crippen molar-refractivity contribution < 1.29 is 37.4 Å². The van der Waals surface area contributed by atoms with Crippen molar-refractivity contribution in [3.05, 3.63) is 83.9 Å². The van der Waals surface area contributed by atoms with Crippen LogP contribution in [-0.4, -0.2) is 64.2 Å². The molecular weight excluding hydrogens is 586 g/mol. The highest BCUT2D eigenvalue weighted by Crippen LogP contribution is 2.39. The maximum Gasteiger partial charge on any atom is 0.338 e. The van der Waals surface area contributed by atoms with E-state index in [1.165, 1.54) is 20.2 Å². The van der Waals surface area contributed by atoms with Crippen molar-refractivity contribution in [3.8, 4) is 5.75 Å². The number of methoxy groups -OCH3 is 1. The Morgan fingerprint density at radius 1 is 0.933 bits per heavy atom. The van der Waals surface area contributed by atoms with E-state index in [9.17, 15) is 28.0 Å². The van der Waals surface area contributed by atoms with Gasteiger partial charge in [0.15, 0.2) is 18.0 Å². The Bertz CT molecular complexity index is 1540. The first kappa shape index (κ1) is 33.1. The number of hydrogen-bond acceptors (Lipinski definition) is 6. The van der Waals surface area contributed by atoms with E-state index < -0.39 is 36.1 Å². The number of anilines is 2. The molecule has 3 aromatic rings. The molecule has 0 saturated heterocycles. The van der Waals surface area contributed by atoms with E-state index >= 15 is 0 Å². The molecule has 0 heterocycles. The van der Waals surface area contributed by atoms with Crippen LogP contribution in [0.5, 0.6) is 5.75 Å². The number of hydrogen-bond donors (Lipinski definition) is 2. The van der Waals surface area contributed by atoms with E-state index in [0.717, 1.165) is 55.2 Å². The molecule has 2 N–H and O–H groups in total. The minimum atomic E-state index is -0.813. The van der Waals surface area contributed by atoms with E-state index in [4.69, 9.17) is 9.47 Å². The summed E-state index contributed by atoms with van der Waals surface area (Å²) in [6.07, 6.45) is 4.47. The lowest BCUT2D eigenvalue weighted by Gasteiger charge is -2.41. The number of nitrogens with one attached hydrogen (secondary N) is 2. The fourth-order valence-corrected chi connectivity index (χ4v) is 5.55. The van der Waals surface area contributed by atoms with Gasteiger partial charge >= 0.3 is 17.9 Å². The molecule has 0 aromatic heterocycles. The number of esters is 1. The lowest BCUT2D eigenvalue weighted by atomic mass is 9.91. The molecule has 0 radical (unpaired) electrons. The first-order valence-electron chi connectivity index (χ1n) is 14.6. The first-order valence-corrected chi connectivity index (χ1v) is 14.6. The third-order valence-electron chi connectivity index (χ3n) is 8.09. The van der Waals surface area contributed by atoms with Crippen molar-refractivity contribution >= 4 is 40.9 Å². The minimum Gasteiger partial charge on any atom is -0.477 e. The van der Waals surface area contributed by atoms with E-state index in [2.05, 4.69) is 10.6 Å². The zero-order valence-corrected chi connectivity index (χ0v) is 25.5. The Morgan fingerprint density at radius 3 is 2.31 bits per heavy atom. The molecule has 1 atom stereocenters. The summed E-state index contributed by atoms with van der Waals surface area (Å²) in [5.41, 5.74) is 1.17. The van der Waals surface area contributed by atoms with E-state index in [0.29, 0.717) is 17.1 Å². The zero-order valence-electron chi connectivity index (χ0n) is 25.5. The highest BCUT2D eigenvalue weighted by atomic mass is 19.1. The van der Waals surface area contributed by atoms with Crippen molar-refractivity contribution in [1.82, 2.24) is 9.80 Å². The molecule has 0 spiro atoms. The molecule has 1 saturated carbocycles. The number of urea groups is 1. The topological polar surface area (TPSA) is 114 Å².